The van der Waals surface area contributed by atoms with Crippen LogP contribution in [0, 0.1) is 17.0 Å². The van der Waals surface area contributed by atoms with E-state index in [1.165, 1.54) is 24.1 Å². The first-order valence-electron chi connectivity index (χ1n) is 11.7. The number of rotatable bonds is 5. The lowest BCUT2D eigenvalue weighted by Crippen LogP contribution is -2.52. The summed E-state index contributed by atoms with van der Waals surface area (Å²) >= 11 is 0. The molecule has 0 aliphatic carbocycles. The standard InChI is InChI=1S/C26H23F4N5O3/c1-3-4-15(7-14(2)31)21-9-34(13-26(29,30)38-21)22-10-35-24(32-20-12-37-11-18(20)25(35)36)23(33-22)17-6-5-16(27)8-19(17)28/h3-8,10,21,31H,9,11-13H2,1-2H3/b4-3-,15-7+,31-14?. The van der Waals surface area contributed by atoms with Gasteiger partial charge in [0.2, 0.25) is 0 Å². The smallest absolute Gasteiger partial charge is 0.370 e. The van der Waals surface area contributed by atoms with Crippen LogP contribution in [0.1, 0.15) is 25.1 Å². The molecular weight excluding hydrogens is 506 g/mol. The summed E-state index contributed by atoms with van der Waals surface area (Å²) in [5, 5.41) is 7.77. The van der Waals surface area contributed by atoms with Crippen LogP contribution in [0.3, 0.4) is 0 Å². The van der Waals surface area contributed by atoms with E-state index in [2.05, 4.69) is 9.97 Å². The van der Waals surface area contributed by atoms with E-state index >= 15 is 0 Å². The fourth-order valence-electron chi connectivity index (χ4n) is 4.55. The monoisotopic (exact) mass is 529 g/mol. The molecule has 1 unspecified atom stereocenters. The van der Waals surface area contributed by atoms with Gasteiger partial charge in [-0.3, -0.25) is 9.20 Å². The highest BCUT2D eigenvalue weighted by Crippen LogP contribution is 2.33. The molecule has 198 valence electrons. The van der Waals surface area contributed by atoms with Crippen molar-refractivity contribution >= 4 is 17.2 Å². The maximum absolute atomic E-state index is 14.9. The summed E-state index contributed by atoms with van der Waals surface area (Å²) in [6.45, 7) is 2.34. The van der Waals surface area contributed by atoms with E-state index in [0.717, 1.165) is 16.5 Å². The molecule has 12 heteroatoms. The molecule has 3 aromatic rings. The Bertz CT molecular complexity index is 1570. The second kappa shape index (κ2) is 9.76. The minimum Gasteiger partial charge on any atom is -0.370 e. The van der Waals surface area contributed by atoms with Gasteiger partial charge >= 0.3 is 6.11 Å². The Morgan fingerprint density at radius 1 is 1.24 bits per heavy atom. The third-order valence-corrected chi connectivity index (χ3v) is 6.16. The summed E-state index contributed by atoms with van der Waals surface area (Å²) in [6.07, 6.45) is 1.18. The van der Waals surface area contributed by atoms with Gasteiger partial charge < -0.3 is 19.8 Å². The highest BCUT2D eigenvalue weighted by atomic mass is 19.3. The molecule has 1 N–H and O–H groups in total. The maximum Gasteiger partial charge on any atom is 0.373 e. The van der Waals surface area contributed by atoms with Gasteiger partial charge in [-0.1, -0.05) is 12.2 Å². The van der Waals surface area contributed by atoms with Crippen molar-refractivity contribution in [2.75, 3.05) is 18.0 Å². The number of ether oxygens (including phenoxy) is 2. The molecule has 1 saturated heterocycles. The molecule has 0 spiro atoms. The van der Waals surface area contributed by atoms with Crippen molar-refractivity contribution in [1.29, 1.82) is 5.41 Å². The Morgan fingerprint density at radius 2 is 2.03 bits per heavy atom. The molecule has 5 rings (SSSR count). The molecule has 1 fully saturated rings. The number of morpholine rings is 1. The van der Waals surface area contributed by atoms with Gasteiger partial charge in [0.25, 0.3) is 5.56 Å². The normalized spacial score (nSPS) is 19.4. The predicted molar refractivity (Wildman–Crippen MR) is 131 cm³/mol. The summed E-state index contributed by atoms with van der Waals surface area (Å²) in [4.78, 5) is 23.4. The quantitative estimate of drug-likeness (QED) is 0.299. The number of benzene rings is 1. The van der Waals surface area contributed by atoms with Crippen LogP contribution in [-0.2, 0) is 22.7 Å². The van der Waals surface area contributed by atoms with Crippen LogP contribution in [-0.4, -0.2) is 45.4 Å². The molecule has 0 radical (unpaired) electrons. The van der Waals surface area contributed by atoms with Crippen molar-refractivity contribution in [2.45, 2.75) is 39.3 Å². The number of halogens is 4. The third kappa shape index (κ3) is 4.84. The Labute approximate surface area is 214 Å². The first-order valence-corrected chi connectivity index (χ1v) is 11.7. The fourth-order valence-corrected chi connectivity index (χ4v) is 4.55. The summed E-state index contributed by atoms with van der Waals surface area (Å²) in [5.41, 5.74) is 0.390. The molecule has 8 nitrogen and oxygen atoms in total. The molecular formula is C26H23F4N5O3. The molecule has 2 aliphatic rings. The predicted octanol–water partition coefficient (Wildman–Crippen LogP) is 4.41. The van der Waals surface area contributed by atoms with E-state index in [9.17, 15) is 22.4 Å². The van der Waals surface area contributed by atoms with Gasteiger partial charge in [-0.2, -0.15) is 8.78 Å². The number of alkyl halides is 2. The van der Waals surface area contributed by atoms with Gasteiger partial charge in [0.05, 0.1) is 37.2 Å². The lowest BCUT2D eigenvalue weighted by atomic mass is 10.0. The number of hydrogen-bond donors (Lipinski definition) is 1. The number of hydrogen-bond acceptors (Lipinski definition) is 7. The van der Waals surface area contributed by atoms with E-state index in [-0.39, 0.29) is 48.2 Å². The Balaban J connectivity index is 1.70. The fraction of sp³-hybridized carbons (Fsp3) is 0.308. The number of nitrogens with one attached hydrogen (secondary N) is 1. The van der Waals surface area contributed by atoms with Crippen LogP contribution >= 0.6 is 0 Å². The minimum absolute atomic E-state index is 0.0148. The molecule has 0 saturated carbocycles. The van der Waals surface area contributed by atoms with Crippen LogP contribution in [0.5, 0.6) is 0 Å². The molecule has 2 aromatic heterocycles. The summed E-state index contributed by atoms with van der Waals surface area (Å²) in [7, 11) is 0. The maximum atomic E-state index is 14.9. The molecule has 38 heavy (non-hydrogen) atoms. The summed E-state index contributed by atoms with van der Waals surface area (Å²) < 4.78 is 69.8. The van der Waals surface area contributed by atoms with Crippen LogP contribution < -0.4 is 10.5 Å². The molecule has 4 heterocycles. The van der Waals surface area contributed by atoms with Gasteiger partial charge in [0, 0.05) is 17.3 Å². The first kappa shape index (κ1) is 25.7. The number of aromatic nitrogens is 3. The number of nitrogens with zero attached hydrogens (tertiary/aromatic N) is 4. The lowest BCUT2D eigenvalue weighted by molar-refractivity contribution is -0.258. The molecule has 0 bridgehead atoms. The van der Waals surface area contributed by atoms with Crippen molar-refractivity contribution in [3.8, 4) is 11.3 Å². The van der Waals surface area contributed by atoms with E-state index < -0.39 is 36.0 Å². The average Bonchev–Trinajstić information content (AvgIpc) is 3.31. The van der Waals surface area contributed by atoms with E-state index in [4.69, 9.17) is 14.9 Å². The van der Waals surface area contributed by atoms with Crippen molar-refractivity contribution in [1.82, 2.24) is 14.4 Å². The van der Waals surface area contributed by atoms with Gasteiger partial charge in [0.15, 0.2) is 5.65 Å². The number of anilines is 1. The summed E-state index contributed by atoms with van der Waals surface area (Å²) in [5.74, 6) is -1.82. The van der Waals surface area contributed by atoms with E-state index in [0.29, 0.717) is 22.9 Å². The highest BCUT2D eigenvalue weighted by molar-refractivity contribution is 5.91. The molecule has 1 atom stereocenters. The molecule has 0 amide bonds. The van der Waals surface area contributed by atoms with Gasteiger partial charge in [-0.05, 0) is 37.6 Å². The van der Waals surface area contributed by atoms with Crippen molar-refractivity contribution in [3.63, 3.8) is 0 Å². The highest BCUT2D eigenvalue weighted by Gasteiger charge is 2.43. The zero-order chi connectivity index (χ0) is 27.2. The van der Waals surface area contributed by atoms with Gasteiger partial charge in [0.1, 0.15) is 35.8 Å². The molecule has 2 aliphatic heterocycles. The van der Waals surface area contributed by atoms with Crippen LogP contribution in [0.2, 0.25) is 0 Å². The Morgan fingerprint density at radius 3 is 2.74 bits per heavy atom. The largest absolute Gasteiger partial charge is 0.373 e. The summed E-state index contributed by atoms with van der Waals surface area (Å²) in [6, 6.07) is 2.86. The SMILES string of the molecule is C/C=C\C(=C/C(C)=N)C1CN(c2cn3c(=O)c4c(nc3c(-c3ccc(F)cc3F)n2)COC4)CC(F)(F)O1. The Hall–Kier alpha value is -3.90. The zero-order valence-electron chi connectivity index (χ0n) is 20.5. The van der Waals surface area contributed by atoms with E-state index in [1.54, 1.807) is 19.1 Å². The van der Waals surface area contributed by atoms with Gasteiger partial charge in [-0.25, -0.2) is 18.7 Å². The second-order valence-corrected chi connectivity index (χ2v) is 9.05. The number of allylic oxidation sites excluding steroid dienone is 2. The number of fused-ring (bicyclic) bond motifs is 2. The zero-order valence-corrected chi connectivity index (χ0v) is 20.5. The topological polar surface area (TPSA) is 92.8 Å². The van der Waals surface area contributed by atoms with E-state index in [1.807, 2.05) is 0 Å². The first-order chi connectivity index (χ1) is 18.1. The average molecular weight is 529 g/mol. The third-order valence-electron chi connectivity index (χ3n) is 6.16. The second-order valence-electron chi connectivity index (χ2n) is 9.05. The van der Waals surface area contributed by atoms with Crippen LogP contribution in [0.15, 0.2) is 53.0 Å². The molecule has 1 aromatic carbocycles. The van der Waals surface area contributed by atoms with Gasteiger partial charge in [-0.15, -0.1) is 0 Å². The van der Waals surface area contributed by atoms with Crippen LogP contribution in [0.25, 0.3) is 16.9 Å². The Kier molecular flexibility index (Phi) is 6.61. The van der Waals surface area contributed by atoms with Crippen LogP contribution in [0.4, 0.5) is 23.4 Å². The minimum atomic E-state index is -3.60. The lowest BCUT2D eigenvalue weighted by Gasteiger charge is -2.38. The van der Waals surface area contributed by atoms with Crippen molar-refractivity contribution < 1.29 is 27.0 Å². The van der Waals surface area contributed by atoms with Crippen molar-refractivity contribution in [2.24, 2.45) is 0 Å². The van der Waals surface area contributed by atoms with Crippen molar-refractivity contribution in [3.05, 3.63) is 81.4 Å².